The standard InChI is InChI=1S/C18H17ClN2O/c1-13-20-11-17(18(22)15-8-5-9-16(19)10-15)21(13)12-14-6-3-2-4-7-14/h2-11,18,22H,12H2,1H3/t18-/m1/s1. The third-order valence-corrected chi connectivity index (χ3v) is 3.95. The summed E-state index contributed by atoms with van der Waals surface area (Å²) in [5, 5.41) is 11.3. The van der Waals surface area contributed by atoms with Gasteiger partial charge in [0.1, 0.15) is 11.9 Å². The van der Waals surface area contributed by atoms with E-state index in [0.29, 0.717) is 11.6 Å². The molecular formula is C18H17ClN2O. The van der Waals surface area contributed by atoms with Crippen LogP contribution in [0.2, 0.25) is 5.02 Å². The van der Waals surface area contributed by atoms with Gasteiger partial charge in [0, 0.05) is 11.6 Å². The third-order valence-electron chi connectivity index (χ3n) is 3.71. The van der Waals surface area contributed by atoms with Crippen molar-refractivity contribution in [3.05, 3.63) is 88.5 Å². The normalized spacial score (nSPS) is 12.3. The Hall–Kier alpha value is -2.10. The van der Waals surface area contributed by atoms with Crippen LogP contribution in [0.25, 0.3) is 0 Å². The van der Waals surface area contributed by atoms with Gasteiger partial charge in [-0.25, -0.2) is 4.98 Å². The lowest BCUT2D eigenvalue weighted by Crippen LogP contribution is -2.11. The Balaban J connectivity index is 1.95. The lowest BCUT2D eigenvalue weighted by atomic mass is 10.1. The molecule has 0 unspecified atom stereocenters. The molecule has 1 atom stereocenters. The van der Waals surface area contributed by atoms with E-state index in [1.165, 1.54) is 5.56 Å². The number of hydrogen-bond acceptors (Lipinski definition) is 2. The van der Waals surface area contributed by atoms with E-state index in [-0.39, 0.29) is 0 Å². The van der Waals surface area contributed by atoms with Gasteiger partial charge >= 0.3 is 0 Å². The van der Waals surface area contributed by atoms with E-state index in [2.05, 4.69) is 17.1 Å². The number of benzene rings is 2. The van der Waals surface area contributed by atoms with Crippen molar-refractivity contribution in [3.63, 3.8) is 0 Å². The first-order valence-electron chi connectivity index (χ1n) is 7.14. The highest BCUT2D eigenvalue weighted by Gasteiger charge is 2.17. The largest absolute Gasteiger partial charge is 0.382 e. The predicted octanol–water partition coefficient (Wildman–Crippen LogP) is 3.97. The molecule has 1 aromatic heterocycles. The second kappa shape index (κ2) is 6.34. The maximum Gasteiger partial charge on any atom is 0.121 e. The summed E-state index contributed by atoms with van der Waals surface area (Å²) in [6.45, 7) is 2.62. The van der Waals surface area contributed by atoms with E-state index in [4.69, 9.17) is 11.6 Å². The number of nitrogens with zero attached hydrogens (tertiary/aromatic N) is 2. The molecular weight excluding hydrogens is 296 g/mol. The summed E-state index contributed by atoms with van der Waals surface area (Å²) in [7, 11) is 0. The monoisotopic (exact) mass is 312 g/mol. The molecule has 3 rings (SSSR count). The molecule has 0 amide bonds. The van der Waals surface area contributed by atoms with Crippen molar-refractivity contribution < 1.29 is 5.11 Å². The number of aliphatic hydroxyl groups excluding tert-OH is 1. The molecule has 0 spiro atoms. The average Bonchev–Trinajstić information content (AvgIpc) is 2.89. The fourth-order valence-electron chi connectivity index (χ4n) is 2.52. The molecule has 1 heterocycles. The van der Waals surface area contributed by atoms with Crippen molar-refractivity contribution in [1.29, 1.82) is 0 Å². The van der Waals surface area contributed by atoms with Gasteiger partial charge in [-0.3, -0.25) is 0 Å². The molecule has 112 valence electrons. The van der Waals surface area contributed by atoms with Gasteiger partial charge in [-0.2, -0.15) is 0 Å². The van der Waals surface area contributed by atoms with Crippen molar-refractivity contribution in [2.24, 2.45) is 0 Å². The summed E-state index contributed by atoms with van der Waals surface area (Å²) >= 11 is 6.02. The zero-order chi connectivity index (χ0) is 15.5. The molecule has 0 bridgehead atoms. The topological polar surface area (TPSA) is 38.1 Å². The summed E-state index contributed by atoms with van der Waals surface area (Å²) < 4.78 is 2.03. The van der Waals surface area contributed by atoms with Crippen LogP contribution in [0.5, 0.6) is 0 Å². The van der Waals surface area contributed by atoms with Crippen LogP contribution >= 0.6 is 11.6 Å². The highest BCUT2D eigenvalue weighted by molar-refractivity contribution is 6.30. The molecule has 2 aromatic carbocycles. The first kappa shape index (κ1) is 14.8. The van der Waals surface area contributed by atoms with E-state index in [0.717, 1.165) is 17.1 Å². The number of imidazole rings is 1. The number of hydrogen-bond donors (Lipinski definition) is 1. The molecule has 1 N–H and O–H groups in total. The van der Waals surface area contributed by atoms with E-state index >= 15 is 0 Å². The first-order valence-corrected chi connectivity index (χ1v) is 7.52. The number of aromatic nitrogens is 2. The van der Waals surface area contributed by atoms with Crippen molar-refractivity contribution >= 4 is 11.6 Å². The Kier molecular flexibility index (Phi) is 4.27. The fraction of sp³-hybridized carbons (Fsp3) is 0.167. The Labute approximate surface area is 134 Å². The smallest absolute Gasteiger partial charge is 0.121 e. The lowest BCUT2D eigenvalue weighted by molar-refractivity contribution is 0.210. The van der Waals surface area contributed by atoms with Crippen LogP contribution in [0, 0.1) is 6.92 Å². The number of aryl methyl sites for hydroxylation is 1. The average molecular weight is 313 g/mol. The Morgan fingerprint density at radius 2 is 1.91 bits per heavy atom. The highest BCUT2D eigenvalue weighted by Crippen LogP contribution is 2.25. The van der Waals surface area contributed by atoms with E-state index in [1.54, 1.807) is 18.3 Å². The zero-order valence-corrected chi connectivity index (χ0v) is 13.0. The van der Waals surface area contributed by atoms with Gasteiger partial charge in [0.15, 0.2) is 0 Å². The van der Waals surface area contributed by atoms with Gasteiger partial charge in [0.25, 0.3) is 0 Å². The lowest BCUT2D eigenvalue weighted by Gasteiger charge is -2.16. The van der Waals surface area contributed by atoms with Gasteiger partial charge < -0.3 is 9.67 Å². The molecule has 0 aliphatic rings. The van der Waals surface area contributed by atoms with Gasteiger partial charge in [0.05, 0.1) is 11.9 Å². The van der Waals surface area contributed by atoms with E-state index in [1.807, 2.05) is 41.8 Å². The molecule has 0 radical (unpaired) electrons. The third kappa shape index (κ3) is 3.06. The van der Waals surface area contributed by atoms with Gasteiger partial charge in [0.2, 0.25) is 0 Å². The second-order valence-electron chi connectivity index (χ2n) is 5.26. The van der Waals surface area contributed by atoms with E-state index in [9.17, 15) is 5.11 Å². The maximum atomic E-state index is 10.7. The van der Waals surface area contributed by atoms with E-state index < -0.39 is 6.10 Å². The molecule has 22 heavy (non-hydrogen) atoms. The summed E-state index contributed by atoms with van der Waals surface area (Å²) in [6.07, 6.45) is 0.979. The molecule has 0 saturated heterocycles. The minimum Gasteiger partial charge on any atom is -0.382 e. The van der Waals surface area contributed by atoms with Crippen molar-refractivity contribution in [2.45, 2.75) is 19.6 Å². The Bertz CT molecular complexity index is 768. The van der Waals surface area contributed by atoms with Crippen LogP contribution < -0.4 is 0 Å². The summed E-state index contributed by atoms with van der Waals surface area (Å²) in [4.78, 5) is 4.35. The summed E-state index contributed by atoms with van der Waals surface area (Å²) in [5.41, 5.74) is 2.70. The van der Waals surface area contributed by atoms with Crippen LogP contribution in [0.1, 0.15) is 28.7 Å². The van der Waals surface area contributed by atoms with Gasteiger partial charge in [-0.1, -0.05) is 54.1 Å². The van der Waals surface area contributed by atoms with Gasteiger partial charge in [-0.15, -0.1) is 0 Å². The molecule has 4 heteroatoms. The van der Waals surface area contributed by atoms with Crippen LogP contribution in [-0.2, 0) is 6.54 Å². The Morgan fingerprint density at radius 1 is 1.14 bits per heavy atom. The number of aliphatic hydroxyl groups is 1. The zero-order valence-electron chi connectivity index (χ0n) is 12.3. The molecule has 0 saturated carbocycles. The molecule has 0 fully saturated rings. The highest BCUT2D eigenvalue weighted by atomic mass is 35.5. The number of halogens is 1. The second-order valence-corrected chi connectivity index (χ2v) is 5.70. The predicted molar refractivity (Wildman–Crippen MR) is 88.0 cm³/mol. The van der Waals surface area contributed by atoms with Gasteiger partial charge in [-0.05, 0) is 30.2 Å². The summed E-state index contributed by atoms with van der Waals surface area (Å²) in [6, 6.07) is 17.4. The minimum atomic E-state index is -0.747. The SMILES string of the molecule is Cc1ncc([C@H](O)c2cccc(Cl)c2)n1Cc1ccccc1. The van der Waals surface area contributed by atoms with Crippen LogP contribution in [-0.4, -0.2) is 14.7 Å². The Morgan fingerprint density at radius 3 is 2.64 bits per heavy atom. The fourth-order valence-corrected chi connectivity index (χ4v) is 2.72. The van der Waals surface area contributed by atoms with Crippen LogP contribution in [0.15, 0.2) is 60.8 Å². The number of rotatable bonds is 4. The molecule has 0 aliphatic heterocycles. The molecule has 3 nitrogen and oxygen atoms in total. The van der Waals surface area contributed by atoms with Crippen molar-refractivity contribution in [1.82, 2.24) is 9.55 Å². The van der Waals surface area contributed by atoms with Crippen molar-refractivity contribution in [3.8, 4) is 0 Å². The van der Waals surface area contributed by atoms with Crippen LogP contribution in [0.3, 0.4) is 0 Å². The molecule has 3 aromatic rings. The first-order chi connectivity index (χ1) is 10.6. The quantitative estimate of drug-likeness (QED) is 0.791. The van der Waals surface area contributed by atoms with Crippen LogP contribution in [0.4, 0.5) is 0 Å². The minimum absolute atomic E-state index is 0.613. The summed E-state index contributed by atoms with van der Waals surface area (Å²) in [5.74, 6) is 0.875. The molecule has 0 aliphatic carbocycles. The van der Waals surface area contributed by atoms with Crippen molar-refractivity contribution in [2.75, 3.05) is 0 Å². The maximum absolute atomic E-state index is 10.7.